The molecule has 178 valence electrons. The van der Waals surface area contributed by atoms with Crippen LogP contribution in [0.3, 0.4) is 0 Å². The van der Waals surface area contributed by atoms with E-state index in [1.54, 1.807) is 29.2 Å². The minimum absolute atomic E-state index is 0.0526. The van der Waals surface area contributed by atoms with Crippen molar-refractivity contribution in [1.29, 1.82) is 0 Å². The second kappa shape index (κ2) is 10.2. The number of ether oxygens (including phenoxy) is 2. The summed E-state index contributed by atoms with van der Waals surface area (Å²) in [4.78, 5) is 20.5. The number of benzene rings is 1. The number of nitrogens with zero attached hydrogens (tertiary/aromatic N) is 3. The largest absolute Gasteiger partial charge is 0.491 e. The quantitative estimate of drug-likeness (QED) is 0.619. The Morgan fingerprint density at radius 1 is 1.15 bits per heavy atom. The van der Waals surface area contributed by atoms with Crippen LogP contribution in [0.25, 0.3) is 0 Å². The van der Waals surface area contributed by atoms with Gasteiger partial charge < -0.3 is 19.3 Å². The monoisotopic (exact) mass is 483 g/mol. The first-order valence-electron chi connectivity index (χ1n) is 10.9. The van der Waals surface area contributed by atoms with Gasteiger partial charge in [-0.15, -0.1) is 0 Å². The van der Waals surface area contributed by atoms with E-state index in [2.05, 4.69) is 4.98 Å². The van der Waals surface area contributed by atoms with Gasteiger partial charge in [-0.2, -0.15) is 13.2 Å². The number of alkyl halides is 3. The lowest BCUT2D eigenvalue weighted by Gasteiger charge is -2.24. The molecule has 0 aliphatic carbocycles. The zero-order valence-corrected chi connectivity index (χ0v) is 18.7. The Labute approximate surface area is 195 Å². The van der Waals surface area contributed by atoms with Crippen LogP contribution in [-0.2, 0) is 10.9 Å². The van der Waals surface area contributed by atoms with Crippen molar-refractivity contribution < 1.29 is 27.4 Å². The fraction of sp³-hybridized carbons (Fsp3) is 0.478. The molecule has 2 aliphatic rings. The highest BCUT2D eigenvalue weighted by atomic mass is 35.5. The number of amides is 1. The van der Waals surface area contributed by atoms with Crippen molar-refractivity contribution in [2.24, 2.45) is 0 Å². The van der Waals surface area contributed by atoms with Gasteiger partial charge in [-0.3, -0.25) is 4.79 Å². The molecule has 1 aromatic heterocycles. The lowest BCUT2D eigenvalue weighted by Crippen LogP contribution is -2.35. The molecule has 2 aliphatic heterocycles. The van der Waals surface area contributed by atoms with Crippen LogP contribution in [-0.4, -0.2) is 61.3 Å². The van der Waals surface area contributed by atoms with E-state index in [1.165, 1.54) is 0 Å². The number of hydrogen-bond acceptors (Lipinski definition) is 5. The molecule has 10 heteroatoms. The number of hydrogen-bond donors (Lipinski definition) is 0. The summed E-state index contributed by atoms with van der Waals surface area (Å²) in [6.07, 6.45) is -0.891. The zero-order valence-electron chi connectivity index (χ0n) is 18.0. The molecule has 33 heavy (non-hydrogen) atoms. The van der Waals surface area contributed by atoms with E-state index in [9.17, 15) is 18.0 Å². The summed E-state index contributed by atoms with van der Waals surface area (Å²) in [5.41, 5.74) is -0.329. The van der Waals surface area contributed by atoms with Crippen LogP contribution in [0.15, 0.2) is 36.5 Å². The second-order valence-corrected chi connectivity index (χ2v) is 8.54. The number of rotatable bonds is 5. The van der Waals surface area contributed by atoms with E-state index in [4.69, 9.17) is 21.1 Å². The van der Waals surface area contributed by atoms with Gasteiger partial charge in [0, 0.05) is 44.5 Å². The van der Waals surface area contributed by atoms with E-state index in [0.29, 0.717) is 56.3 Å². The Bertz CT molecular complexity index is 966. The van der Waals surface area contributed by atoms with Crippen molar-refractivity contribution >= 4 is 23.3 Å². The number of carbonyl (C=O) groups excluding carboxylic acids is 1. The van der Waals surface area contributed by atoms with E-state index in [1.807, 2.05) is 4.90 Å². The third-order valence-corrected chi connectivity index (χ3v) is 6.07. The van der Waals surface area contributed by atoms with Crippen LogP contribution in [0.2, 0.25) is 5.02 Å². The summed E-state index contributed by atoms with van der Waals surface area (Å²) in [7, 11) is 0. The van der Waals surface area contributed by atoms with E-state index in [-0.39, 0.29) is 17.0 Å². The fourth-order valence-electron chi connectivity index (χ4n) is 3.99. The Hall–Kier alpha value is -2.52. The summed E-state index contributed by atoms with van der Waals surface area (Å²) >= 11 is 6.09. The molecule has 1 amide bonds. The number of anilines is 1. The Kier molecular flexibility index (Phi) is 7.29. The number of aromatic nitrogens is 1. The normalized spacial score (nSPS) is 19.5. The Balaban J connectivity index is 1.35. The molecule has 0 radical (unpaired) electrons. The van der Waals surface area contributed by atoms with Crippen LogP contribution < -0.4 is 9.64 Å². The molecular formula is C23H25ClF3N3O3. The predicted octanol–water partition coefficient (Wildman–Crippen LogP) is 4.66. The van der Waals surface area contributed by atoms with E-state index in [0.717, 1.165) is 31.7 Å². The highest BCUT2D eigenvalue weighted by Crippen LogP contribution is 2.33. The maximum Gasteiger partial charge on any atom is 0.417 e. The van der Waals surface area contributed by atoms with Crippen molar-refractivity contribution in [1.82, 2.24) is 9.88 Å². The topological polar surface area (TPSA) is 54.9 Å². The van der Waals surface area contributed by atoms with Crippen molar-refractivity contribution in [3.05, 3.63) is 52.7 Å². The molecule has 2 fully saturated rings. The molecule has 0 saturated carbocycles. The molecule has 3 heterocycles. The van der Waals surface area contributed by atoms with Gasteiger partial charge in [0.1, 0.15) is 18.2 Å². The SMILES string of the molecule is O=C(c1ccc(OCC2CCCO2)cc1)N1CCCN(c2ncc(C(F)(F)F)cc2Cl)CC1. The average Bonchev–Trinajstić information content (AvgIpc) is 3.20. The highest BCUT2D eigenvalue weighted by Gasteiger charge is 2.32. The highest BCUT2D eigenvalue weighted by molar-refractivity contribution is 6.33. The summed E-state index contributed by atoms with van der Waals surface area (Å²) in [5.74, 6) is 0.882. The molecule has 2 saturated heterocycles. The van der Waals surface area contributed by atoms with Gasteiger partial charge in [-0.05, 0) is 49.6 Å². The van der Waals surface area contributed by atoms with Gasteiger partial charge in [0.2, 0.25) is 0 Å². The van der Waals surface area contributed by atoms with Gasteiger partial charge in [0.15, 0.2) is 0 Å². The zero-order chi connectivity index (χ0) is 23.4. The molecule has 1 unspecified atom stereocenters. The summed E-state index contributed by atoms with van der Waals surface area (Å²) in [6.45, 7) is 3.18. The standard InChI is InChI=1S/C23H25ClF3N3O3/c24-20-13-17(23(25,26)27)14-28-21(20)29-8-2-9-30(11-10-29)22(31)16-4-6-18(7-5-16)33-15-19-3-1-12-32-19/h4-7,13-14,19H,1-3,8-12,15H2. The van der Waals surface area contributed by atoms with Gasteiger partial charge in [0.25, 0.3) is 5.91 Å². The third kappa shape index (κ3) is 5.89. The lowest BCUT2D eigenvalue weighted by atomic mass is 10.2. The first kappa shape index (κ1) is 23.6. The first-order chi connectivity index (χ1) is 15.8. The van der Waals surface area contributed by atoms with Gasteiger partial charge in [0.05, 0.1) is 16.7 Å². The number of halogens is 4. The predicted molar refractivity (Wildman–Crippen MR) is 118 cm³/mol. The number of carbonyl (C=O) groups is 1. The molecule has 0 bridgehead atoms. The minimum Gasteiger partial charge on any atom is -0.491 e. The van der Waals surface area contributed by atoms with Gasteiger partial charge >= 0.3 is 6.18 Å². The molecular weight excluding hydrogens is 459 g/mol. The van der Waals surface area contributed by atoms with Gasteiger partial charge in [-0.25, -0.2) is 4.98 Å². The molecule has 0 spiro atoms. The second-order valence-electron chi connectivity index (χ2n) is 8.13. The molecule has 0 N–H and O–H groups in total. The van der Waals surface area contributed by atoms with Crippen molar-refractivity contribution in [3.8, 4) is 5.75 Å². The van der Waals surface area contributed by atoms with Crippen molar-refractivity contribution in [3.63, 3.8) is 0 Å². The number of pyridine rings is 1. The Morgan fingerprint density at radius 3 is 2.61 bits per heavy atom. The first-order valence-corrected chi connectivity index (χ1v) is 11.3. The van der Waals surface area contributed by atoms with Crippen LogP contribution in [0.5, 0.6) is 5.75 Å². The maximum atomic E-state index is 13.0. The summed E-state index contributed by atoms with van der Waals surface area (Å²) < 4.78 is 49.9. The van der Waals surface area contributed by atoms with Crippen molar-refractivity contribution in [2.45, 2.75) is 31.5 Å². The molecule has 6 nitrogen and oxygen atoms in total. The molecule has 2 aromatic rings. The third-order valence-electron chi connectivity index (χ3n) is 5.79. The van der Waals surface area contributed by atoms with E-state index < -0.39 is 11.7 Å². The van der Waals surface area contributed by atoms with Crippen molar-refractivity contribution in [2.75, 3.05) is 44.3 Å². The van der Waals surface area contributed by atoms with Crippen LogP contribution >= 0.6 is 11.6 Å². The maximum absolute atomic E-state index is 13.0. The summed E-state index contributed by atoms with van der Waals surface area (Å²) in [5, 5.41) is -0.0526. The minimum atomic E-state index is -4.50. The lowest BCUT2D eigenvalue weighted by molar-refractivity contribution is -0.137. The molecule has 4 rings (SSSR count). The van der Waals surface area contributed by atoms with Gasteiger partial charge in [-0.1, -0.05) is 11.6 Å². The molecule has 1 atom stereocenters. The fourth-order valence-corrected chi connectivity index (χ4v) is 4.28. The molecule has 1 aromatic carbocycles. The van der Waals surface area contributed by atoms with E-state index >= 15 is 0 Å². The van der Waals surface area contributed by atoms with Crippen LogP contribution in [0.1, 0.15) is 35.2 Å². The van der Waals surface area contributed by atoms with Crippen LogP contribution in [0.4, 0.5) is 19.0 Å². The smallest absolute Gasteiger partial charge is 0.417 e. The Morgan fingerprint density at radius 2 is 1.94 bits per heavy atom. The van der Waals surface area contributed by atoms with Crippen LogP contribution in [0, 0.1) is 0 Å². The summed E-state index contributed by atoms with van der Waals surface area (Å²) in [6, 6.07) is 7.92. The average molecular weight is 484 g/mol.